The molecule has 0 bridgehead atoms. The number of aliphatic imine (C=N–C) groups is 1. The van der Waals surface area contributed by atoms with Crippen LogP contribution in [0, 0.1) is 5.82 Å². The number of carbonyl (C=O) groups excluding carboxylic acids is 1. The van der Waals surface area contributed by atoms with Gasteiger partial charge in [0.1, 0.15) is 5.82 Å². The van der Waals surface area contributed by atoms with Crippen molar-refractivity contribution < 1.29 is 9.18 Å². The van der Waals surface area contributed by atoms with E-state index in [9.17, 15) is 9.18 Å². The Bertz CT molecular complexity index is 1020. The monoisotopic (exact) mass is 404 g/mol. The molecule has 0 radical (unpaired) electrons. The summed E-state index contributed by atoms with van der Waals surface area (Å²) in [5, 5.41) is 0.722. The first kappa shape index (κ1) is 19.4. The number of rotatable bonds is 5. The maximum absolute atomic E-state index is 13.3. The lowest BCUT2D eigenvalue weighted by atomic mass is 10.0. The van der Waals surface area contributed by atoms with Gasteiger partial charge in [-0.05, 0) is 34.4 Å². The van der Waals surface area contributed by atoms with E-state index in [1.165, 1.54) is 23.9 Å². The van der Waals surface area contributed by atoms with E-state index in [-0.39, 0.29) is 11.7 Å². The fourth-order valence-corrected chi connectivity index (χ4v) is 4.28. The molecular weight excluding hydrogens is 383 g/mol. The summed E-state index contributed by atoms with van der Waals surface area (Å²) in [6.45, 7) is 1.22. The standard InChI is InChI=1S/C24H21FN2OS/c25-22-8-4-5-19(15-22)17-29-24-26-13-14-27(24)23(28)16-18-9-11-21(12-10-18)20-6-2-1-3-7-20/h1-12,15H,13-14,16-17H2. The van der Waals surface area contributed by atoms with Crippen LogP contribution < -0.4 is 0 Å². The first-order valence-corrected chi connectivity index (χ1v) is 10.5. The first-order valence-electron chi connectivity index (χ1n) is 9.55. The maximum Gasteiger partial charge on any atom is 0.233 e. The molecule has 0 N–H and O–H groups in total. The molecule has 1 amide bonds. The van der Waals surface area contributed by atoms with Crippen LogP contribution in [0.15, 0.2) is 83.9 Å². The molecule has 1 aliphatic rings. The molecule has 0 fully saturated rings. The van der Waals surface area contributed by atoms with Crippen LogP contribution in [-0.2, 0) is 17.0 Å². The summed E-state index contributed by atoms with van der Waals surface area (Å²) in [4.78, 5) is 19.0. The number of thioether (sulfide) groups is 1. The molecule has 1 aliphatic heterocycles. The van der Waals surface area contributed by atoms with Gasteiger partial charge < -0.3 is 0 Å². The van der Waals surface area contributed by atoms with E-state index in [1.807, 2.05) is 36.4 Å². The number of benzene rings is 3. The summed E-state index contributed by atoms with van der Waals surface area (Å²) >= 11 is 1.48. The van der Waals surface area contributed by atoms with Gasteiger partial charge >= 0.3 is 0 Å². The van der Waals surface area contributed by atoms with Crippen LogP contribution in [0.3, 0.4) is 0 Å². The SMILES string of the molecule is O=C(Cc1ccc(-c2ccccc2)cc1)N1CCN=C1SCc1cccc(F)c1. The highest BCUT2D eigenvalue weighted by atomic mass is 32.2. The molecular formula is C24H21FN2OS. The van der Waals surface area contributed by atoms with Gasteiger partial charge in [-0.15, -0.1) is 0 Å². The van der Waals surface area contributed by atoms with Crippen molar-refractivity contribution in [3.8, 4) is 11.1 Å². The lowest BCUT2D eigenvalue weighted by molar-refractivity contribution is -0.126. The van der Waals surface area contributed by atoms with Crippen LogP contribution in [0.5, 0.6) is 0 Å². The minimum atomic E-state index is -0.247. The Hall–Kier alpha value is -2.92. The number of amidine groups is 1. The molecule has 1 heterocycles. The average molecular weight is 405 g/mol. The smallest absolute Gasteiger partial charge is 0.233 e. The summed E-state index contributed by atoms with van der Waals surface area (Å²) in [6, 6.07) is 24.8. The van der Waals surface area contributed by atoms with E-state index in [0.717, 1.165) is 27.4 Å². The van der Waals surface area contributed by atoms with Crippen molar-refractivity contribution in [2.75, 3.05) is 13.1 Å². The predicted molar refractivity (Wildman–Crippen MR) is 117 cm³/mol. The fraction of sp³-hybridized carbons (Fsp3) is 0.167. The third kappa shape index (κ3) is 4.93. The summed E-state index contributed by atoms with van der Waals surface area (Å²) in [6.07, 6.45) is 0.342. The van der Waals surface area contributed by atoms with Gasteiger partial charge in [0.2, 0.25) is 5.91 Å². The zero-order chi connectivity index (χ0) is 20.1. The zero-order valence-electron chi connectivity index (χ0n) is 15.9. The Balaban J connectivity index is 1.37. The normalized spacial score (nSPS) is 13.4. The molecule has 3 aromatic carbocycles. The van der Waals surface area contributed by atoms with Crippen molar-refractivity contribution in [1.29, 1.82) is 0 Å². The van der Waals surface area contributed by atoms with Crippen LogP contribution >= 0.6 is 11.8 Å². The number of hydrogen-bond acceptors (Lipinski definition) is 3. The van der Waals surface area contributed by atoms with Gasteiger partial charge in [-0.2, -0.15) is 0 Å². The van der Waals surface area contributed by atoms with Gasteiger partial charge in [0.15, 0.2) is 5.17 Å². The third-order valence-corrected chi connectivity index (χ3v) is 5.86. The molecule has 0 spiro atoms. The van der Waals surface area contributed by atoms with Crippen LogP contribution in [0.4, 0.5) is 4.39 Å². The third-order valence-electron chi connectivity index (χ3n) is 4.78. The van der Waals surface area contributed by atoms with E-state index in [4.69, 9.17) is 0 Å². The second-order valence-electron chi connectivity index (χ2n) is 6.87. The van der Waals surface area contributed by atoms with E-state index >= 15 is 0 Å². The second-order valence-corrected chi connectivity index (χ2v) is 7.81. The Morgan fingerprint density at radius 1 is 0.931 bits per heavy atom. The highest BCUT2D eigenvalue weighted by Crippen LogP contribution is 2.22. The Kier molecular flexibility index (Phi) is 6.06. The molecule has 146 valence electrons. The lowest BCUT2D eigenvalue weighted by Gasteiger charge is -2.18. The number of carbonyl (C=O) groups is 1. The highest BCUT2D eigenvalue weighted by molar-refractivity contribution is 8.13. The predicted octanol–water partition coefficient (Wildman–Crippen LogP) is 5.17. The number of amides is 1. The average Bonchev–Trinajstić information content (AvgIpc) is 3.22. The van der Waals surface area contributed by atoms with Gasteiger partial charge in [0.25, 0.3) is 0 Å². The Morgan fingerprint density at radius 3 is 2.45 bits per heavy atom. The highest BCUT2D eigenvalue weighted by Gasteiger charge is 2.24. The van der Waals surface area contributed by atoms with Crippen LogP contribution in [0.2, 0.25) is 0 Å². The van der Waals surface area contributed by atoms with E-state index < -0.39 is 0 Å². The van der Waals surface area contributed by atoms with Crippen molar-refractivity contribution in [1.82, 2.24) is 4.90 Å². The van der Waals surface area contributed by atoms with Crippen molar-refractivity contribution in [3.05, 3.63) is 95.8 Å². The molecule has 3 aromatic rings. The maximum atomic E-state index is 13.3. The first-order chi connectivity index (χ1) is 14.2. The van der Waals surface area contributed by atoms with Gasteiger partial charge in [-0.3, -0.25) is 14.7 Å². The second kappa shape index (κ2) is 9.05. The van der Waals surface area contributed by atoms with Crippen LogP contribution in [-0.4, -0.2) is 29.1 Å². The van der Waals surface area contributed by atoms with Crippen molar-refractivity contribution >= 4 is 22.8 Å². The van der Waals surface area contributed by atoms with Gasteiger partial charge in [-0.25, -0.2) is 4.39 Å². The molecule has 0 aliphatic carbocycles. The van der Waals surface area contributed by atoms with E-state index in [0.29, 0.717) is 25.3 Å². The molecule has 0 aromatic heterocycles. The quantitative estimate of drug-likeness (QED) is 0.588. The largest absolute Gasteiger partial charge is 0.289 e. The Labute approximate surface area is 174 Å². The van der Waals surface area contributed by atoms with E-state index in [1.54, 1.807) is 11.0 Å². The van der Waals surface area contributed by atoms with Crippen molar-refractivity contribution in [3.63, 3.8) is 0 Å². The summed E-state index contributed by atoms with van der Waals surface area (Å²) in [5.74, 6) is 0.385. The molecule has 3 nitrogen and oxygen atoms in total. The van der Waals surface area contributed by atoms with Gasteiger partial charge in [0.05, 0.1) is 13.0 Å². The van der Waals surface area contributed by atoms with E-state index in [2.05, 4.69) is 29.3 Å². The fourth-order valence-electron chi connectivity index (χ4n) is 3.27. The van der Waals surface area contributed by atoms with Crippen molar-refractivity contribution in [2.45, 2.75) is 12.2 Å². The molecule has 4 rings (SSSR count). The molecule has 0 saturated heterocycles. The zero-order valence-corrected chi connectivity index (χ0v) is 16.7. The number of hydrogen-bond donors (Lipinski definition) is 0. The minimum absolute atomic E-state index is 0.0421. The molecule has 0 atom stereocenters. The summed E-state index contributed by atoms with van der Waals surface area (Å²) < 4.78 is 13.3. The van der Waals surface area contributed by atoms with Gasteiger partial charge in [-0.1, -0.05) is 78.5 Å². The Morgan fingerprint density at radius 2 is 1.69 bits per heavy atom. The topological polar surface area (TPSA) is 32.7 Å². The van der Waals surface area contributed by atoms with Gasteiger partial charge in [0, 0.05) is 12.3 Å². The molecule has 0 unspecified atom stereocenters. The lowest BCUT2D eigenvalue weighted by Crippen LogP contribution is -2.34. The van der Waals surface area contributed by atoms with Crippen LogP contribution in [0.1, 0.15) is 11.1 Å². The molecule has 29 heavy (non-hydrogen) atoms. The summed E-state index contributed by atoms with van der Waals surface area (Å²) in [7, 11) is 0. The summed E-state index contributed by atoms with van der Waals surface area (Å²) in [5.41, 5.74) is 4.16. The number of nitrogens with zero attached hydrogens (tertiary/aromatic N) is 2. The molecule has 0 saturated carbocycles. The molecule has 5 heteroatoms. The minimum Gasteiger partial charge on any atom is -0.289 e. The van der Waals surface area contributed by atoms with Crippen molar-refractivity contribution in [2.24, 2.45) is 4.99 Å². The van der Waals surface area contributed by atoms with Crippen LogP contribution in [0.25, 0.3) is 11.1 Å². The number of halogens is 1.